The molecule has 0 fully saturated rings. The number of fused-ring (bicyclic) bond motifs is 1. The van der Waals surface area contributed by atoms with Gasteiger partial charge < -0.3 is 16.2 Å². The Kier molecular flexibility index (Phi) is 4.19. The van der Waals surface area contributed by atoms with Crippen LogP contribution in [0.1, 0.15) is 35.7 Å². The molecule has 0 saturated heterocycles. The molecule has 2 heterocycles. The summed E-state index contributed by atoms with van der Waals surface area (Å²) in [6.45, 7) is 2.51. The largest absolute Gasteiger partial charge is 0.492 e. The number of allylic oxidation sites excluding steroid dienone is 1. The van der Waals surface area contributed by atoms with Gasteiger partial charge in [-0.3, -0.25) is 9.59 Å². The van der Waals surface area contributed by atoms with Crippen LogP contribution in [0, 0.1) is 0 Å². The van der Waals surface area contributed by atoms with Gasteiger partial charge in [0.15, 0.2) is 5.78 Å². The molecule has 3 rings (SSSR count). The zero-order valence-electron chi connectivity index (χ0n) is 13.5. The van der Waals surface area contributed by atoms with Gasteiger partial charge in [0.2, 0.25) is 5.54 Å². The fourth-order valence-electron chi connectivity index (χ4n) is 3.04. The number of amides is 1. The maximum atomic E-state index is 12.9. The van der Waals surface area contributed by atoms with Gasteiger partial charge in [-0.25, -0.2) is 0 Å². The molecule has 1 aromatic rings. The molecule has 2 unspecified atom stereocenters. The highest BCUT2D eigenvalue weighted by Gasteiger charge is 2.48. The van der Waals surface area contributed by atoms with Crippen molar-refractivity contribution in [3.8, 4) is 5.75 Å². The van der Waals surface area contributed by atoms with Crippen molar-refractivity contribution in [1.29, 1.82) is 0 Å². The van der Waals surface area contributed by atoms with Crippen molar-refractivity contribution in [3.05, 3.63) is 41.1 Å². The number of para-hydroxylation sites is 1. The second-order valence-corrected chi connectivity index (χ2v) is 6.01. The third-order valence-corrected chi connectivity index (χ3v) is 4.37. The van der Waals surface area contributed by atoms with Crippen molar-refractivity contribution in [1.82, 2.24) is 0 Å². The first-order valence-electron chi connectivity index (χ1n) is 7.98. The molecule has 0 bridgehead atoms. The molecule has 0 saturated carbocycles. The quantitative estimate of drug-likeness (QED) is 0.769. The number of rotatable bonds is 6. The predicted octanol–water partition coefficient (Wildman–Crippen LogP) is 1.51. The molecule has 7 nitrogen and oxygen atoms in total. The van der Waals surface area contributed by atoms with Crippen molar-refractivity contribution in [2.45, 2.75) is 37.8 Å². The summed E-state index contributed by atoms with van der Waals surface area (Å²) in [5, 5.41) is 7.97. The van der Waals surface area contributed by atoms with Gasteiger partial charge in [-0.2, -0.15) is 10.2 Å². The molecular weight excluding hydrogens is 308 g/mol. The van der Waals surface area contributed by atoms with Crippen LogP contribution in [0.25, 0.3) is 0 Å². The normalized spacial score (nSPS) is 22.7. The third-order valence-electron chi connectivity index (χ3n) is 4.37. The maximum Gasteiger partial charge on any atom is 0.253 e. The van der Waals surface area contributed by atoms with Gasteiger partial charge in [0.25, 0.3) is 5.91 Å². The molecule has 1 amide bonds. The van der Waals surface area contributed by atoms with E-state index in [1.165, 1.54) is 6.08 Å². The van der Waals surface area contributed by atoms with Crippen LogP contribution in [-0.4, -0.2) is 29.9 Å². The Labute approximate surface area is 139 Å². The van der Waals surface area contributed by atoms with Crippen molar-refractivity contribution >= 4 is 11.7 Å². The molecule has 24 heavy (non-hydrogen) atoms. The van der Waals surface area contributed by atoms with Crippen molar-refractivity contribution < 1.29 is 14.3 Å². The van der Waals surface area contributed by atoms with Gasteiger partial charge in [-0.1, -0.05) is 25.5 Å². The summed E-state index contributed by atoms with van der Waals surface area (Å²) in [6, 6.07) is 4.08. The molecular formula is C17H20N4O3. The molecule has 0 aromatic heterocycles. The summed E-state index contributed by atoms with van der Waals surface area (Å²) in [5.74, 6) is -0.683. The minimum Gasteiger partial charge on any atom is -0.492 e. The highest BCUT2D eigenvalue weighted by molar-refractivity contribution is 6.08. The fraction of sp³-hybridized carbons (Fsp3) is 0.412. The van der Waals surface area contributed by atoms with Crippen molar-refractivity contribution in [2.24, 2.45) is 21.7 Å². The van der Waals surface area contributed by atoms with E-state index >= 15 is 0 Å². The SMILES string of the molecule is CCCC1=CC(C(N)=O)(C(N)C(=O)c2cccc3c2OCC3)N=N1. The van der Waals surface area contributed by atoms with E-state index in [4.69, 9.17) is 16.2 Å². The van der Waals surface area contributed by atoms with E-state index in [0.717, 1.165) is 18.4 Å². The van der Waals surface area contributed by atoms with E-state index in [1.54, 1.807) is 12.1 Å². The van der Waals surface area contributed by atoms with Gasteiger partial charge >= 0.3 is 0 Å². The van der Waals surface area contributed by atoms with Crippen LogP contribution >= 0.6 is 0 Å². The minimum atomic E-state index is -1.64. The highest BCUT2D eigenvalue weighted by atomic mass is 16.5. The number of ketones is 1. The third kappa shape index (κ3) is 2.50. The molecule has 2 aliphatic heterocycles. The highest BCUT2D eigenvalue weighted by Crippen LogP contribution is 2.34. The molecule has 7 heteroatoms. The second-order valence-electron chi connectivity index (χ2n) is 6.01. The lowest BCUT2D eigenvalue weighted by molar-refractivity contribution is -0.121. The number of azo groups is 1. The van der Waals surface area contributed by atoms with Crippen molar-refractivity contribution in [2.75, 3.05) is 6.61 Å². The molecule has 0 spiro atoms. The zero-order valence-corrected chi connectivity index (χ0v) is 13.5. The number of hydrogen-bond donors (Lipinski definition) is 2. The standard InChI is InChI=1S/C17H20N4O3/c1-2-4-11-9-17(16(19)23,21-20-11)15(18)13(22)12-6-3-5-10-7-8-24-14(10)12/h3,5-6,9,15H,2,4,7-8,18H2,1H3,(H2,19,23). The topological polar surface area (TPSA) is 120 Å². The minimum absolute atomic E-state index is 0.352. The average molecular weight is 328 g/mol. The first-order chi connectivity index (χ1) is 11.5. The summed E-state index contributed by atoms with van der Waals surface area (Å²) >= 11 is 0. The van der Waals surface area contributed by atoms with Gasteiger partial charge in [0.1, 0.15) is 11.8 Å². The van der Waals surface area contributed by atoms with Crippen LogP contribution in [0.4, 0.5) is 0 Å². The molecule has 0 radical (unpaired) electrons. The fourth-order valence-corrected chi connectivity index (χ4v) is 3.04. The van der Waals surface area contributed by atoms with Gasteiger partial charge in [0, 0.05) is 6.42 Å². The van der Waals surface area contributed by atoms with E-state index in [2.05, 4.69) is 10.2 Å². The smallest absolute Gasteiger partial charge is 0.253 e. The summed E-state index contributed by atoms with van der Waals surface area (Å²) in [6.07, 6.45) is 3.74. The first-order valence-corrected chi connectivity index (χ1v) is 7.98. The predicted molar refractivity (Wildman–Crippen MR) is 87.7 cm³/mol. The summed E-state index contributed by atoms with van der Waals surface area (Å²) < 4.78 is 5.55. The van der Waals surface area contributed by atoms with Crippen LogP contribution < -0.4 is 16.2 Å². The number of carbonyl (C=O) groups is 2. The van der Waals surface area contributed by atoms with Gasteiger partial charge in [0.05, 0.1) is 17.9 Å². The van der Waals surface area contributed by atoms with Crippen LogP contribution in [0.3, 0.4) is 0 Å². The zero-order chi connectivity index (χ0) is 17.3. The van der Waals surface area contributed by atoms with E-state index < -0.39 is 23.3 Å². The summed E-state index contributed by atoms with van der Waals surface area (Å²) in [7, 11) is 0. The Bertz CT molecular complexity index is 756. The number of nitrogens with two attached hydrogens (primary N) is 2. The number of primary amides is 1. The molecule has 4 N–H and O–H groups in total. The Balaban J connectivity index is 1.97. The lowest BCUT2D eigenvalue weighted by Crippen LogP contribution is -2.57. The molecule has 0 aliphatic carbocycles. The Morgan fingerprint density at radius 3 is 2.92 bits per heavy atom. The van der Waals surface area contributed by atoms with Crippen LogP contribution in [0.15, 0.2) is 40.2 Å². The number of Topliss-reactive ketones (excluding diaryl/α,β-unsaturated/α-hetero) is 1. The number of nitrogens with zero attached hydrogens (tertiary/aromatic N) is 2. The average Bonchev–Trinajstić information content (AvgIpc) is 3.20. The number of carbonyl (C=O) groups excluding carboxylic acids is 2. The van der Waals surface area contributed by atoms with E-state index in [-0.39, 0.29) is 0 Å². The number of ether oxygens (including phenoxy) is 1. The molecule has 126 valence electrons. The summed E-state index contributed by atoms with van der Waals surface area (Å²) in [4.78, 5) is 25.0. The lowest BCUT2D eigenvalue weighted by Gasteiger charge is -2.25. The van der Waals surface area contributed by atoms with E-state index in [1.807, 2.05) is 13.0 Å². The molecule has 2 atom stereocenters. The van der Waals surface area contributed by atoms with Gasteiger partial charge in [-0.15, -0.1) is 0 Å². The number of hydrogen-bond acceptors (Lipinski definition) is 6. The monoisotopic (exact) mass is 328 g/mol. The van der Waals surface area contributed by atoms with Crippen LogP contribution in [0.5, 0.6) is 5.75 Å². The Hall–Kier alpha value is -2.54. The Morgan fingerprint density at radius 1 is 1.42 bits per heavy atom. The second kappa shape index (κ2) is 6.16. The van der Waals surface area contributed by atoms with Crippen LogP contribution in [0.2, 0.25) is 0 Å². The van der Waals surface area contributed by atoms with Crippen molar-refractivity contribution in [3.63, 3.8) is 0 Å². The molecule has 2 aliphatic rings. The maximum absolute atomic E-state index is 12.9. The lowest BCUT2D eigenvalue weighted by atomic mass is 9.84. The van der Waals surface area contributed by atoms with Crippen LogP contribution in [-0.2, 0) is 11.2 Å². The summed E-state index contributed by atoms with van der Waals surface area (Å²) in [5.41, 5.74) is 11.9. The van der Waals surface area contributed by atoms with E-state index in [0.29, 0.717) is 30.0 Å². The first kappa shape index (κ1) is 16.3. The van der Waals surface area contributed by atoms with E-state index in [9.17, 15) is 9.59 Å². The number of benzene rings is 1. The Morgan fingerprint density at radius 2 is 2.21 bits per heavy atom. The molecule has 1 aromatic carbocycles. The van der Waals surface area contributed by atoms with Gasteiger partial charge in [-0.05, 0) is 24.1 Å².